The lowest BCUT2D eigenvalue weighted by atomic mass is 10.1. The maximum atomic E-state index is 9.38. The topological polar surface area (TPSA) is 73.6 Å². The molecule has 0 saturated carbocycles. The van der Waals surface area contributed by atoms with Crippen LogP contribution >= 0.6 is 0 Å². The smallest absolute Gasteiger partial charge is 0.506 e. The van der Waals surface area contributed by atoms with Crippen LogP contribution in [0.5, 0.6) is 5.75 Å². The van der Waals surface area contributed by atoms with Crippen LogP contribution in [0.2, 0.25) is 0 Å². The predicted octanol–water partition coefficient (Wildman–Crippen LogP) is 0.193. The molecule has 0 radical (unpaired) electrons. The molecule has 0 unspecified atom stereocenters. The molecule has 0 aliphatic rings. The van der Waals surface area contributed by atoms with Gasteiger partial charge in [0.05, 0.1) is 18.9 Å². The maximum Gasteiger partial charge on any atom is 1.00 e. The van der Waals surface area contributed by atoms with Crippen LogP contribution in [0, 0.1) is 6.92 Å². The highest BCUT2D eigenvalue weighted by atomic mass is 16.3. The van der Waals surface area contributed by atoms with Crippen molar-refractivity contribution in [2.45, 2.75) is 20.1 Å². The highest BCUT2D eigenvalue weighted by Crippen LogP contribution is 2.23. The third-order valence-corrected chi connectivity index (χ3v) is 1.76. The van der Waals surface area contributed by atoms with Crippen LogP contribution in [0.15, 0.2) is 6.20 Å². The van der Waals surface area contributed by atoms with E-state index in [1.807, 2.05) is 0 Å². The summed E-state index contributed by atoms with van der Waals surface area (Å²) in [5.41, 5.74) is 1.27. The van der Waals surface area contributed by atoms with Crippen molar-refractivity contribution in [3.63, 3.8) is 0 Å². The van der Waals surface area contributed by atoms with Crippen LogP contribution < -0.4 is 0 Å². The molecular formula is C8H12NO3+. The summed E-state index contributed by atoms with van der Waals surface area (Å²) in [5.74, 6) is -0.0379. The second kappa shape index (κ2) is 3.51. The van der Waals surface area contributed by atoms with Gasteiger partial charge in [-0.05, 0) is 6.92 Å². The van der Waals surface area contributed by atoms with Crippen molar-refractivity contribution < 1.29 is 16.7 Å². The Bertz CT molecular complexity index is 291. The number of aromatic hydroxyl groups is 1. The molecule has 0 atom stereocenters. The van der Waals surface area contributed by atoms with E-state index in [-0.39, 0.29) is 20.4 Å². The molecule has 1 rings (SSSR count). The van der Waals surface area contributed by atoms with Crippen LogP contribution in [-0.4, -0.2) is 20.3 Å². The molecule has 12 heavy (non-hydrogen) atoms. The monoisotopic (exact) mass is 170 g/mol. The van der Waals surface area contributed by atoms with Crippen molar-refractivity contribution in [3.05, 3.63) is 23.0 Å². The number of aromatic nitrogens is 1. The lowest BCUT2D eigenvalue weighted by Gasteiger charge is -2.07. The van der Waals surface area contributed by atoms with Gasteiger partial charge in [0, 0.05) is 17.3 Å². The largest absolute Gasteiger partial charge is 1.00 e. The van der Waals surface area contributed by atoms with E-state index in [0.717, 1.165) is 0 Å². The first-order chi connectivity index (χ1) is 5.70. The SMILES string of the molecule is Cc1ncc(CO)c(CO)c1O.[H+]. The third kappa shape index (κ3) is 1.39. The zero-order valence-electron chi connectivity index (χ0n) is 7.78. The normalized spacial score (nSPS) is 10.2. The van der Waals surface area contributed by atoms with E-state index in [0.29, 0.717) is 16.8 Å². The van der Waals surface area contributed by atoms with Gasteiger partial charge in [-0.25, -0.2) is 0 Å². The molecule has 0 aromatic carbocycles. The van der Waals surface area contributed by atoms with Crippen LogP contribution in [0.3, 0.4) is 0 Å². The minimum absolute atomic E-state index is 0. The van der Waals surface area contributed by atoms with Gasteiger partial charge < -0.3 is 15.3 Å². The minimum Gasteiger partial charge on any atom is -0.506 e. The van der Waals surface area contributed by atoms with E-state index >= 15 is 0 Å². The predicted molar refractivity (Wildman–Crippen MR) is 43.6 cm³/mol. The second-order valence-corrected chi connectivity index (χ2v) is 2.51. The summed E-state index contributed by atoms with van der Waals surface area (Å²) >= 11 is 0. The number of pyridine rings is 1. The van der Waals surface area contributed by atoms with Crippen molar-refractivity contribution in [1.82, 2.24) is 4.98 Å². The maximum absolute atomic E-state index is 9.38. The summed E-state index contributed by atoms with van der Waals surface area (Å²) in [6.07, 6.45) is 1.45. The summed E-state index contributed by atoms with van der Waals surface area (Å²) in [4.78, 5) is 3.84. The van der Waals surface area contributed by atoms with Crippen LogP contribution in [-0.2, 0) is 13.2 Å². The molecule has 0 aliphatic carbocycles. The van der Waals surface area contributed by atoms with Gasteiger partial charge in [-0.15, -0.1) is 0 Å². The fourth-order valence-corrected chi connectivity index (χ4v) is 0.997. The Hall–Kier alpha value is -1.13. The second-order valence-electron chi connectivity index (χ2n) is 2.51. The quantitative estimate of drug-likeness (QED) is 0.592. The van der Waals surface area contributed by atoms with Gasteiger partial charge >= 0.3 is 1.43 Å². The van der Waals surface area contributed by atoms with Gasteiger partial charge in [-0.1, -0.05) is 0 Å². The molecule has 0 spiro atoms. The summed E-state index contributed by atoms with van der Waals surface area (Å²) in [5, 5.41) is 27.0. The van der Waals surface area contributed by atoms with Crippen LogP contribution in [0.1, 0.15) is 18.2 Å². The summed E-state index contributed by atoms with van der Waals surface area (Å²) in [6.45, 7) is 1.12. The lowest BCUT2D eigenvalue weighted by Crippen LogP contribution is -1.98. The molecule has 0 saturated heterocycles. The first-order valence-electron chi connectivity index (χ1n) is 3.58. The summed E-state index contributed by atoms with van der Waals surface area (Å²) in [7, 11) is 0. The van der Waals surface area contributed by atoms with E-state index in [9.17, 15) is 5.11 Å². The minimum atomic E-state index is -0.287. The number of aliphatic hydroxyl groups is 2. The van der Waals surface area contributed by atoms with Crippen molar-refractivity contribution in [2.75, 3.05) is 0 Å². The molecule has 4 heteroatoms. The average molecular weight is 170 g/mol. The van der Waals surface area contributed by atoms with Gasteiger partial charge in [0.25, 0.3) is 0 Å². The Balaban J connectivity index is 0.00000144. The number of hydrogen-bond donors (Lipinski definition) is 3. The van der Waals surface area contributed by atoms with E-state index in [1.54, 1.807) is 6.92 Å². The molecule has 66 valence electrons. The zero-order valence-corrected chi connectivity index (χ0v) is 6.78. The highest BCUT2D eigenvalue weighted by molar-refractivity contribution is 5.39. The van der Waals surface area contributed by atoms with Crippen molar-refractivity contribution >= 4 is 0 Å². The van der Waals surface area contributed by atoms with Crippen molar-refractivity contribution in [2.24, 2.45) is 0 Å². The Morgan fingerprint density at radius 3 is 2.58 bits per heavy atom. The standard InChI is InChI=1S/C8H11NO3/c1-5-8(12)7(4-11)6(3-10)2-9-5/h2,10-12H,3-4H2,1H3/p+1. The van der Waals surface area contributed by atoms with Crippen molar-refractivity contribution in [3.8, 4) is 5.75 Å². The number of nitrogens with zero attached hydrogens (tertiary/aromatic N) is 1. The van der Waals surface area contributed by atoms with E-state index in [1.165, 1.54) is 6.20 Å². The Kier molecular flexibility index (Phi) is 2.62. The zero-order chi connectivity index (χ0) is 9.14. The van der Waals surface area contributed by atoms with Gasteiger partial charge in [-0.3, -0.25) is 4.98 Å². The summed E-state index contributed by atoms with van der Waals surface area (Å²) < 4.78 is 0. The van der Waals surface area contributed by atoms with E-state index < -0.39 is 0 Å². The van der Waals surface area contributed by atoms with Gasteiger partial charge in [0.1, 0.15) is 5.75 Å². The Morgan fingerprint density at radius 2 is 2.08 bits per heavy atom. The van der Waals surface area contributed by atoms with E-state index in [2.05, 4.69) is 4.98 Å². The first-order valence-corrected chi connectivity index (χ1v) is 3.58. The molecule has 0 bridgehead atoms. The molecule has 1 aromatic heterocycles. The molecule has 0 fully saturated rings. The van der Waals surface area contributed by atoms with Crippen LogP contribution in [0.25, 0.3) is 0 Å². The average Bonchev–Trinajstić information content (AvgIpc) is 2.09. The fourth-order valence-electron chi connectivity index (χ4n) is 0.997. The van der Waals surface area contributed by atoms with Crippen molar-refractivity contribution in [1.29, 1.82) is 0 Å². The van der Waals surface area contributed by atoms with E-state index in [4.69, 9.17) is 10.2 Å². The molecule has 0 aliphatic heterocycles. The molecule has 4 nitrogen and oxygen atoms in total. The third-order valence-electron chi connectivity index (χ3n) is 1.76. The Labute approximate surface area is 71.6 Å². The molecular weight excluding hydrogens is 158 g/mol. The number of aryl methyl sites for hydroxylation is 1. The summed E-state index contributed by atoms with van der Waals surface area (Å²) in [6, 6.07) is 0. The molecule has 0 amide bonds. The number of aliphatic hydroxyl groups excluding tert-OH is 2. The molecule has 3 N–H and O–H groups in total. The fraction of sp³-hybridized carbons (Fsp3) is 0.375. The Morgan fingerprint density at radius 1 is 1.42 bits per heavy atom. The first kappa shape index (κ1) is 8.96. The molecule has 1 aromatic rings. The molecule has 1 heterocycles. The van der Waals surface area contributed by atoms with Gasteiger partial charge in [-0.2, -0.15) is 0 Å². The van der Waals surface area contributed by atoms with Gasteiger partial charge in [0.2, 0.25) is 0 Å². The number of hydrogen-bond acceptors (Lipinski definition) is 4. The number of rotatable bonds is 2. The lowest BCUT2D eigenvalue weighted by molar-refractivity contribution is 0.254. The van der Waals surface area contributed by atoms with Crippen LogP contribution in [0.4, 0.5) is 0 Å². The van der Waals surface area contributed by atoms with Gasteiger partial charge in [0.15, 0.2) is 0 Å². The highest BCUT2D eigenvalue weighted by Gasteiger charge is 2.09.